The number of amides is 1. The number of hydrazone groups is 1. The van der Waals surface area contributed by atoms with Gasteiger partial charge in [-0.15, -0.1) is 0 Å². The summed E-state index contributed by atoms with van der Waals surface area (Å²) in [7, 11) is 0. The van der Waals surface area contributed by atoms with E-state index < -0.39 is 5.12 Å². The molecule has 0 N–H and O–H groups in total. The van der Waals surface area contributed by atoms with Crippen molar-refractivity contribution in [1.82, 2.24) is 0 Å². The number of hydrogen-bond donors (Lipinski definition) is 0. The van der Waals surface area contributed by atoms with E-state index in [4.69, 9.17) is 5.10 Å². The average molecular weight is 429 g/mol. The summed E-state index contributed by atoms with van der Waals surface area (Å²) in [5.74, 6) is -0.283. The molecule has 5 rings (SSSR count). The molecule has 0 radical (unpaired) electrons. The molecule has 2 aliphatic rings. The van der Waals surface area contributed by atoms with Gasteiger partial charge in [0.15, 0.2) is 10.8 Å². The number of nitrogens with zero attached hydrogens (tertiary/aromatic N) is 4. The van der Waals surface area contributed by atoms with Crippen LogP contribution in [0.3, 0.4) is 0 Å². The molecule has 3 aromatic carbocycles. The van der Waals surface area contributed by atoms with Crippen LogP contribution in [0.4, 0.5) is 22.7 Å². The summed E-state index contributed by atoms with van der Waals surface area (Å²) >= 11 is 1.29. The molecule has 0 saturated heterocycles. The second-order valence-corrected chi connectivity index (χ2v) is 8.44. The van der Waals surface area contributed by atoms with Crippen LogP contribution in [0.2, 0.25) is 0 Å². The Labute approximate surface area is 184 Å². The number of anilines is 4. The first-order valence-corrected chi connectivity index (χ1v) is 10.7. The summed E-state index contributed by atoms with van der Waals surface area (Å²) in [6, 6.07) is 27.3. The molecule has 1 amide bonds. The Hall–Kier alpha value is -3.58. The van der Waals surface area contributed by atoms with E-state index in [1.165, 1.54) is 18.7 Å². The highest BCUT2D eigenvalue weighted by molar-refractivity contribution is 8.17. The van der Waals surface area contributed by atoms with Crippen LogP contribution in [0.25, 0.3) is 0 Å². The molecule has 1 unspecified atom stereocenters. The maximum atomic E-state index is 13.1. The molecular formula is C24H20N4O2S. The zero-order valence-electron chi connectivity index (χ0n) is 17.1. The van der Waals surface area contributed by atoms with Crippen molar-refractivity contribution in [3.63, 3.8) is 0 Å². The van der Waals surface area contributed by atoms with Crippen molar-refractivity contribution in [2.75, 3.05) is 14.8 Å². The van der Waals surface area contributed by atoms with E-state index in [1.54, 1.807) is 16.8 Å². The van der Waals surface area contributed by atoms with E-state index in [2.05, 4.69) is 4.90 Å². The third-order valence-corrected chi connectivity index (χ3v) is 6.65. The van der Waals surface area contributed by atoms with Gasteiger partial charge in [0.1, 0.15) is 0 Å². The van der Waals surface area contributed by atoms with Gasteiger partial charge in [-0.05, 0) is 48.2 Å². The molecule has 0 aromatic heterocycles. The fraction of sp³-hybridized carbons (Fsp3) is 0.125. The van der Waals surface area contributed by atoms with Gasteiger partial charge >= 0.3 is 0 Å². The van der Waals surface area contributed by atoms with E-state index in [0.717, 1.165) is 22.7 Å². The summed E-state index contributed by atoms with van der Waals surface area (Å²) in [5, 5.41) is 5.72. The quantitative estimate of drug-likeness (QED) is 0.590. The highest BCUT2D eigenvalue weighted by Crippen LogP contribution is 2.58. The number of benzene rings is 3. The maximum Gasteiger partial charge on any atom is 0.280 e. The number of rotatable bonds is 3. The summed E-state index contributed by atoms with van der Waals surface area (Å²) in [6.45, 7) is 3.05. The Balaban J connectivity index is 1.83. The number of fused-ring (bicyclic) bond motifs is 1. The molecule has 7 heteroatoms. The monoisotopic (exact) mass is 428 g/mol. The molecule has 0 bridgehead atoms. The minimum atomic E-state index is -1.13. The molecule has 0 saturated carbocycles. The lowest BCUT2D eigenvalue weighted by molar-refractivity contribution is -0.117. The Morgan fingerprint density at radius 3 is 1.90 bits per heavy atom. The van der Waals surface area contributed by atoms with E-state index in [0.29, 0.717) is 5.04 Å². The largest absolute Gasteiger partial charge is 0.292 e. The van der Waals surface area contributed by atoms with Gasteiger partial charge in [-0.25, -0.2) is 5.01 Å². The lowest BCUT2D eigenvalue weighted by Crippen LogP contribution is -2.62. The predicted octanol–water partition coefficient (Wildman–Crippen LogP) is 4.96. The van der Waals surface area contributed by atoms with Crippen molar-refractivity contribution in [3.05, 3.63) is 84.9 Å². The fourth-order valence-electron chi connectivity index (χ4n) is 4.08. The number of Topliss-reactive ketones (excluding diaryl/α,β-unsaturated/α-hetero) is 1. The van der Waals surface area contributed by atoms with Gasteiger partial charge < -0.3 is 0 Å². The Morgan fingerprint density at radius 2 is 1.32 bits per heavy atom. The van der Waals surface area contributed by atoms with Crippen LogP contribution in [0, 0.1) is 0 Å². The highest BCUT2D eigenvalue weighted by atomic mass is 32.2. The van der Waals surface area contributed by atoms with Gasteiger partial charge in [-0.2, -0.15) is 5.10 Å². The third-order valence-electron chi connectivity index (χ3n) is 5.28. The molecule has 154 valence electrons. The van der Waals surface area contributed by atoms with Gasteiger partial charge in [-0.1, -0.05) is 48.5 Å². The summed E-state index contributed by atoms with van der Waals surface area (Å²) < 4.78 is 0. The predicted molar refractivity (Wildman–Crippen MR) is 126 cm³/mol. The number of hydrogen-bond acceptors (Lipinski definition) is 6. The molecule has 2 heterocycles. The van der Waals surface area contributed by atoms with Crippen LogP contribution < -0.4 is 14.8 Å². The Morgan fingerprint density at radius 1 is 0.774 bits per heavy atom. The second kappa shape index (κ2) is 7.28. The van der Waals surface area contributed by atoms with Gasteiger partial charge in [-0.3, -0.25) is 19.4 Å². The van der Waals surface area contributed by atoms with Crippen molar-refractivity contribution in [1.29, 1.82) is 0 Å². The van der Waals surface area contributed by atoms with Crippen LogP contribution >= 0.6 is 11.8 Å². The lowest BCUT2D eigenvalue weighted by atomic mass is 10.2. The van der Waals surface area contributed by atoms with E-state index in [1.807, 2.05) is 84.9 Å². The molecule has 6 nitrogen and oxygen atoms in total. The summed E-state index contributed by atoms with van der Waals surface area (Å²) in [6.07, 6.45) is 0. The van der Waals surface area contributed by atoms with Gasteiger partial charge in [0.05, 0.1) is 17.1 Å². The summed E-state index contributed by atoms with van der Waals surface area (Å²) in [4.78, 5) is 29.4. The average Bonchev–Trinajstić information content (AvgIpc) is 3.31. The number of carbonyl (C=O) groups excluding carboxylic acids is 2. The summed E-state index contributed by atoms with van der Waals surface area (Å²) in [5.41, 5.74) is 3.32. The molecule has 1 spiro atoms. The molecule has 0 fully saturated rings. The number of para-hydroxylation sites is 4. The first-order chi connectivity index (χ1) is 15.0. The maximum absolute atomic E-state index is 13.1. The lowest BCUT2D eigenvalue weighted by Gasteiger charge is -2.45. The minimum Gasteiger partial charge on any atom is -0.292 e. The minimum absolute atomic E-state index is 0.140. The zero-order valence-corrected chi connectivity index (χ0v) is 17.9. The SMILES string of the molecule is CC(=O)C1=NN(c2ccccc2)C2(S1)N(C(C)=O)c1ccccc1N2c1ccccc1. The first-order valence-electron chi connectivity index (χ1n) is 9.93. The van der Waals surface area contributed by atoms with Crippen LogP contribution in [0.1, 0.15) is 13.8 Å². The third kappa shape index (κ3) is 2.84. The molecule has 2 aliphatic heterocycles. The molecule has 0 aliphatic carbocycles. The van der Waals surface area contributed by atoms with Crippen LogP contribution in [0.5, 0.6) is 0 Å². The topological polar surface area (TPSA) is 56.2 Å². The fourth-order valence-corrected chi connectivity index (χ4v) is 5.45. The molecule has 3 aromatic rings. The Bertz CT molecular complexity index is 1200. The molecular weight excluding hydrogens is 408 g/mol. The second-order valence-electron chi connectivity index (χ2n) is 7.30. The standard InChI is InChI=1S/C24H20N4O2S/c1-17(29)23-25-28(20-13-7-4-8-14-20)24(31-23)26(18(2)30)21-15-9-10-16-22(21)27(24)19-11-5-3-6-12-19/h3-16H,1-2H3. The van der Waals surface area contributed by atoms with E-state index in [9.17, 15) is 9.59 Å². The van der Waals surface area contributed by atoms with Crippen molar-refractivity contribution in [3.8, 4) is 0 Å². The van der Waals surface area contributed by atoms with Crippen molar-refractivity contribution in [2.45, 2.75) is 19.0 Å². The zero-order chi connectivity index (χ0) is 21.6. The van der Waals surface area contributed by atoms with Crippen molar-refractivity contribution < 1.29 is 9.59 Å². The first kappa shape index (κ1) is 19.4. The van der Waals surface area contributed by atoms with Crippen molar-refractivity contribution >= 4 is 51.2 Å². The molecule has 31 heavy (non-hydrogen) atoms. The highest BCUT2D eigenvalue weighted by Gasteiger charge is 2.61. The smallest absolute Gasteiger partial charge is 0.280 e. The van der Waals surface area contributed by atoms with E-state index >= 15 is 0 Å². The van der Waals surface area contributed by atoms with Gasteiger partial charge in [0.25, 0.3) is 5.12 Å². The van der Waals surface area contributed by atoms with Crippen LogP contribution in [-0.2, 0) is 9.59 Å². The number of thioether (sulfide) groups is 1. The Kier molecular flexibility index (Phi) is 4.55. The van der Waals surface area contributed by atoms with E-state index in [-0.39, 0.29) is 11.7 Å². The van der Waals surface area contributed by atoms with Crippen LogP contribution in [0.15, 0.2) is 90.0 Å². The van der Waals surface area contributed by atoms with Gasteiger partial charge in [0, 0.05) is 19.5 Å². The number of carbonyl (C=O) groups is 2. The van der Waals surface area contributed by atoms with Crippen molar-refractivity contribution in [2.24, 2.45) is 5.10 Å². The number of ketones is 1. The van der Waals surface area contributed by atoms with Crippen LogP contribution in [-0.4, -0.2) is 21.9 Å². The normalized spacial score (nSPS) is 19.5. The molecule has 1 atom stereocenters. The van der Waals surface area contributed by atoms with Gasteiger partial charge in [0.2, 0.25) is 5.91 Å².